The van der Waals surface area contributed by atoms with Crippen LogP contribution in [0.5, 0.6) is 0 Å². The Morgan fingerprint density at radius 2 is 2.00 bits per heavy atom. The molecule has 0 saturated heterocycles. The summed E-state index contributed by atoms with van der Waals surface area (Å²) in [6.07, 6.45) is -1.12. The van der Waals surface area contributed by atoms with Crippen molar-refractivity contribution in [2.45, 2.75) is 19.2 Å². The molecule has 0 bridgehead atoms. The van der Waals surface area contributed by atoms with E-state index in [-0.39, 0.29) is 12.2 Å². The second-order valence-corrected chi connectivity index (χ2v) is 4.03. The molecular weight excluding hydrogens is 285 g/mol. The molecule has 1 N–H and O–H groups in total. The highest BCUT2D eigenvalue weighted by Crippen LogP contribution is 2.34. The minimum Gasteiger partial charge on any atom is -0.463 e. The zero-order valence-electron chi connectivity index (χ0n) is 11.3. The molecule has 1 atom stereocenters. The fourth-order valence-electron chi connectivity index (χ4n) is 1.61. The first-order valence-electron chi connectivity index (χ1n) is 6.22. The smallest absolute Gasteiger partial charge is 0.416 e. The zero-order valence-corrected chi connectivity index (χ0v) is 11.3. The minimum atomic E-state index is -4.54. The van der Waals surface area contributed by atoms with E-state index < -0.39 is 23.8 Å². The molecule has 0 fully saturated rings. The molecule has 0 aromatic heterocycles. The molecule has 0 amide bonds. The van der Waals surface area contributed by atoms with Crippen LogP contribution in [-0.4, -0.2) is 17.7 Å². The van der Waals surface area contributed by atoms with E-state index in [4.69, 9.17) is 0 Å². The SMILES string of the molecule is CCOC(=O)/C=C/C=C/C(O)c1ccccc1C(F)(F)F. The number of esters is 1. The van der Waals surface area contributed by atoms with Gasteiger partial charge >= 0.3 is 12.1 Å². The van der Waals surface area contributed by atoms with Crippen molar-refractivity contribution in [3.05, 3.63) is 59.7 Å². The fraction of sp³-hybridized carbons (Fsp3) is 0.267. The van der Waals surface area contributed by atoms with Crippen molar-refractivity contribution >= 4 is 5.97 Å². The summed E-state index contributed by atoms with van der Waals surface area (Å²) >= 11 is 0. The van der Waals surface area contributed by atoms with E-state index in [9.17, 15) is 23.1 Å². The summed E-state index contributed by atoms with van der Waals surface area (Å²) in [4.78, 5) is 11.0. The Morgan fingerprint density at radius 1 is 1.33 bits per heavy atom. The van der Waals surface area contributed by atoms with Crippen molar-refractivity contribution in [1.82, 2.24) is 0 Å². The summed E-state index contributed by atoms with van der Waals surface area (Å²) in [6.45, 7) is 1.88. The van der Waals surface area contributed by atoms with Gasteiger partial charge in [-0.2, -0.15) is 13.2 Å². The highest BCUT2D eigenvalue weighted by molar-refractivity contribution is 5.82. The lowest BCUT2D eigenvalue weighted by Crippen LogP contribution is -2.10. The zero-order chi connectivity index (χ0) is 15.9. The molecule has 0 aliphatic heterocycles. The second kappa shape index (κ2) is 7.64. The predicted molar refractivity (Wildman–Crippen MR) is 71.3 cm³/mol. The van der Waals surface area contributed by atoms with Crippen LogP contribution in [0, 0.1) is 0 Å². The molecule has 1 aromatic rings. The van der Waals surface area contributed by atoms with Gasteiger partial charge in [-0.3, -0.25) is 0 Å². The normalized spacial score (nSPS) is 13.8. The topological polar surface area (TPSA) is 46.5 Å². The molecule has 3 nitrogen and oxygen atoms in total. The maximum absolute atomic E-state index is 12.8. The van der Waals surface area contributed by atoms with Gasteiger partial charge in [0, 0.05) is 6.08 Å². The third-order valence-corrected chi connectivity index (χ3v) is 2.51. The summed E-state index contributed by atoms with van der Waals surface area (Å²) in [5.74, 6) is -0.563. The number of benzene rings is 1. The molecule has 1 unspecified atom stereocenters. The van der Waals surface area contributed by atoms with Crippen LogP contribution in [0.2, 0.25) is 0 Å². The number of hydrogen-bond donors (Lipinski definition) is 1. The van der Waals surface area contributed by atoms with E-state index in [0.29, 0.717) is 0 Å². The van der Waals surface area contributed by atoms with Gasteiger partial charge in [0.2, 0.25) is 0 Å². The maximum Gasteiger partial charge on any atom is 0.416 e. The number of ether oxygens (including phenoxy) is 1. The molecule has 6 heteroatoms. The van der Waals surface area contributed by atoms with Crippen LogP contribution in [0.15, 0.2) is 48.6 Å². The number of aliphatic hydroxyl groups excluding tert-OH is 1. The van der Waals surface area contributed by atoms with Crippen LogP contribution < -0.4 is 0 Å². The summed E-state index contributed by atoms with van der Waals surface area (Å²) in [6, 6.07) is 4.77. The first-order valence-corrected chi connectivity index (χ1v) is 6.22. The van der Waals surface area contributed by atoms with Crippen molar-refractivity contribution in [2.75, 3.05) is 6.61 Å². The van der Waals surface area contributed by atoms with Gasteiger partial charge in [-0.25, -0.2) is 4.79 Å². The minimum absolute atomic E-state index is 0.231. The lowest BCUT2D eigenvalue weighted by molar-refractivity contribution is -0.139. The quantitative estimate of drug-likeness (QED) is 0.515. The van der Waals surface area contributed by atoms with Crippen molar-refractivity contribution in [2.24, 2.45) is 0 Å². The number of aliphatic hydroxyl groups is 1. The number of carbonyl (C=O) groups is 1. The summed E-state index contributed by atoms with van der Waals surface area (Å²) in [5, 5.41) is 9.80. The number of carbonyl (C=O) groups excluding carboxylic acids is 1. The average molecular weight is 300 g/mol. The largest absolute Gasteiger partial charge is 0.463 e. The number of halogens is 3. The number of rotatable bonds is 5. The lowest BCUT2D eigenvalue weighted by atomic mass is 10.0. The molecule has 114 valence electrons. The van der Waals surface area contributed by atoms with Gasteiger partial charge in [-0.05, 0) is 18.6 Å². The molecular formula is C15H15F3O3. The predicted octanol–water partition coefficient (Wildman–Crippen LogP) is 3.41. The van der Waals surface area contributed by atoms with Crippen molar-refractivity contribution < 1.29 is 27.8 Å². The van der Waals surface area contributed by atoms with Gasteiger partial charge in [0.1, 0.15) is 0 Å². The molecule has 1 rings (SSSR count). The van der Waals surface area contributed by atoms with Crippen LogP contribution in [0.25, 0.3) is 0 Å². The monoisotopic (exact) mass is 300 g/mol. The van der Waals surface area contributed by atoms with Gasteiger partial charge in [0.25, 0.3) is 0 Å². The molecule has 0 aliphatic rings. The van der Waals surface area contributed by atoms with Crippen LogP contribution in [-0.2, 0) is 15.7 Å². The summed E-state index contributed by atoms with van der Waals surface area (Å²) < 4.78 is 43.0. The Kier molecular flexibility index (Phi) is 6.17. The van der Waals surface area contributed by atoms with Crippen LogP contribution in [0.3, 0.4) is 0 Å². The molecule has 0 saturated carbocycles. The van der Waals surface area contributed by atoms with Crippen molar-refractivity contribution in [1.29, 1.82) is 0 Å². The first-order chi connectivity index (χ1) is 9.86. The Morgan fingerprint density at radius 3 is 2.62 bits per heavy atom. The highest BCUT2D eigenvalue weighted by Gasteiger charge is 2.34. The Hall–Kier alpha value is -2.08. The molecule has 0 heterocycles. The fourth-order valence-corrected chi connectivity index (χ4v) is 1.61. The standard InChI is InChI=1S/C15H15F3O3/c1-2-21-14(20)10-6-5-9-13(19)11-7-3-4-8-12(11)15(16,17)18/h3-10,13,19H,2H2,1H3/b9-5+,10-6+. The summed E-state index contributed by atoms with van der Waals surface area (Å²) in [5.41, 5.74) is -1.14. The van der Waals surface area contributed by atoms with Gasteiger partial charge in [0.05, 0.1) is 18.3 Å². The average Bonchev–Trinajstić information content (AvgIpc) is 2.43. The van der Waals surface area contributed by atoms with E-state index in [1.165, 1.54) is 30.4 Å². The molecule has 21 heavy (non-hydrogen) atoms. The van der Waals surface area contributed by atoms with Crippen LogP contribution in [0.1, 0.15) is 24.2 Å². The molecule has 0 radical (unpaired) electrons. The van der Waals surface area contributed by atoms with Crippen LogP contribution in [0.4, 0.5) is 13.2 Å². The van der Waals surface area contributed by atoms with E-state index >= 15 is 0 Å². The lowest BCUT2D eigenvalue weighted by Gasteiger charge is -2.14. The Labute approximate surface area is 120 Å². The first kappa shape index (κ1) is 17.0. The van der Waals surface area contributed by atoms with Crippen molar-refractivity contribution in [3.8, 4) is 0 Å². The van der Waals surface area contributed by atoms with Gasteiger partial charge in [-0.1, -0.05) is 36.4 Å². The Balaban J connectivity index is 2.81. The number of alkyl halides is 3. The van der Waals surface area contributed by atoms with E-state index in [1.54, 1.807) is 6.92 Å². The third-order valence-electron chi connectivity index (χ3n) is 2.51. The third kappa shape index (κ3) is 5.43. The van der Waals surface area contributed by atoms with E-state index in [0.717, 1.165) is 18.2 Å². The second-order valence-electron chi connectivity index (χ2n) is 4.03. The van der Waals surface area contributed by atoms with Gasteiger partial charge in [-0.15, -0.1) is 0 Å². The van der Waals surface area contributed by atoms with E-state index in [1.807, 2.05) is 0 Å². The number of hydrogen-bond acceptors (Lipinski definition) is 3. The Bertz CT molecular complexity index is 533. The molecule has 1 aromatic carbocycles. The van der Waals surface area contributed by atoms with E-state index in [2.05, 4.69) is 4.74 Å². The van der Waals surface area contributed by atoms with Crippen molar-refractivity contribution in [3.63, 3.8) is 0 Å². The van der Waals surface area contributed by atoms with Crippen LogP contribution >= 0.6 is 0 Å². The summed E-state index contributed by atoms with van der Waals surface area (Å²) in [7, 11) is 0. The highest BCUT2D eigenvalue weighted by atomic mass is 19.4. The van der Waals surface area contributed by atoms with Gasteiger partial charge < -0.3 is 9.84 Å². The molecule has 0 aliphatic carbocycles. The molecule has 0 spiro atoms. The maximum atomic E-state index is 12.8. The number of allylic oxidation sites excluding steroid dienone is 2. The van der Waals surface area contributed by atoms with Gasteiger partial charge in [0.15, 0.2) is 0 Å².